The number of amides is 1. The number of para-hydroxylation sites is 2. The number of nitrogens with one attached hydrogen (secondary N) is 1. The van der Waals surface area contributed by atoms with Gasteiger partial charge in [0.2, 0.25) is 0 Å². The molecule has 0 aliphatic carbocycles. The molecular weight excluding hydrogens is 334 g/mol. The molecule has 1 aromatic heterocycles. The molecule has 3 aromatic rings. The van der Waals surface area contributed by atoms with Crippen LogP contribution >= 0.6 is 0 Å². The standard InChI is InChI=1S/C19H17N3O4/c1-26-19(25)17(22-18(24)12-5-4-6-14(23)9-12)10-13-11-20-15-7-2-3-8-16(15)21-13/h2-9,11,17,23H,10H2,1H3,(H,22,24)/t17-/m1/s1. The third-order valence-corrected chi connectivity index (χ3v) is 3.81. The van der Waals surface area contributed by atoms with Crippen LogP contribution < -0.4 is 5.32 Å². The monoisotopic (exact) mass is 351 g/mol. The van der Waals surface area contributed by atoms with Crippen molar-refractivity contribution in [3.05, 3.63) is 66.0 Å². The first kappa shape index (κ1) is 17.3. The average Bonchev–Trinajstić information content (AvgIpc) is 2.66. The van der Waals surface area contributed by atoms with Gasteiger partial charge in [-0.1, -0.05) is 18.2 Å². The normalized spacial score (nSPS) is 11.7. The number of carbonyl (C=O) groups is 2. The molecule has 2 N–H and O–H groups in total. The second-order valence-corrected chi connectivity index (χ2v) is 5.65. The lowest BCUT2D eigenvalue weighted by Gasteiger charge is -2.16. The van der Waals surface area contributed by atoms with E-state index in [0.717, 1.165) is 5.52 Å². The van der Waals surface area contributed by atoms with E-state index in [0.29, 0.717) is 11.2 Å². The van der Waals surface area contributed by atoms with E-state index in [1.807, 2.05) is 24.3 Å². The Morgan fingerprint density at radius 2 is 1.92 bits per heavy atom. The lowest BCUT2D eigenvalue weighted by Crippen LogP contribution is -2.43. The molecule has 1 atom stereocenters. The summed E-state index contributed by atoms with van der Waals surface area (Å²) in [4.78, 5) is 33.2. The van der Waals surface area contributed by atoms with E-state index in [-0.39, 0.29) is 17.7 Å². The first-order valence-electron chi connectivity index (χ1n) is 7.95. The van der Waals surface area contributed by atoms with Crippen LogP contribution in [-0.4, -0.2) is 40.1 Å². The van der Waals surface area contributed by atoms with E-state index in [2.05, 4.69) is 15.3 Å². The maximum Gasteiger partial charge on any atom is 0.328 e. The zero-order valence-corrected chi connectivity index (χ0v) is 14.0. The number of esters is 1. The minimum Gasteiger partial charge on any atom is -0.508 e. The number of carbonyl (C=O) groups excluding carboxylic acids is 2. The van der Waals surface area contributed by atoms with Crippen molar-refractivity contribution < 1.29 is 19.4 Å². The topological polar surface area (TPSA) is 101 Å². The molecule has 7 nitrogen and oxygen atoms in total. The second-order valence-electron chi connectivity index (χ2n) is 5.65. The zero-order valence-electron chi connectivity index (χ0n) is 14.0. The molecule has 1 amide bonds. The average molecular weight is 351 g/mol. The Labute approximate surface area is 149 Å². The Hall–Kier alpha value is -3.48. The number of rotatable bonds is 5. The molecule has 0 fully saturated rings. The van der Waals surface area contributed by atoms with E-state index >= 15 is 0 Å². The number of aromatic hydroxyl groups is 1. The Kier molecular flexibility index (Phi) is 5.07. The molecule has 0 aliphatic rings. The van der Waals surface area contributed by atoms with Crippen LogP contribution in [0, 0.1) is 0 Å². The number of benzene rings is 2. The summed E-state index contributed by atoms with van der Waals surface area (Å²) < 4.78 is 4.78. The van der Waals surface area contributed by atoms with Gasteiger partial charge in [-0.3, -0.25) is 9.78 Å². The maximum absolute atomic E-state index is 12.4. The predicted octanol–water partition coefficient (Wildman–Crippen LogP) is 1.85. The largest absolute Gasteiger partial charge is 0.508 e. The summed E-state index contributed by atoms with van der Waals surface area (Å²) in [7, 11) is 1.25. The summed E-state index contributed by atoms with van der Waals surface area (Å²) in [5.41, 5.74) is 2.24. The van der Waals surface area contributed by atoms with Crippen LogP contribution in [0.4, 0.5) is 0 Å². The van der Waals surface area contributed by atoms with Gasteiger partial charge < -0.3 is 15.2 Å². The van der Waals surface area contributed by atoms with E-state index in [4.69, 9.17) is 4.74 Å². The number of methoxy groups -OCH3 is 1. The highest BCUT2D eigenvalue weighted by molar-refractivity contribution is 5.97. The van der Waals surface area contributed by atoms with E-state index in [1.165, 1.54) is 19.2 Å². The molecule has 2 aromatic carbocycles. The van der Waals surface area contributed by atoms with Crippen LogP contribution in [0.3, 0.4) is 0 Å². The summed E-state index contributed by atoms with van der Waals surface area (Å²) in [5.74, 6) is -1.12. The fourth-order valence-corrected chi connectivity index (χ4v) is 2.53. The summed E-state index contributed by atoms with van der Waals surface area (Å²) in [6, 6.07) is 12.3. The second kappa shape index (κ2) is 7.60. The molecule has 0 radical (unpaired) electrons. The zero-order chi connectivity index (χ0) is 18.5. The Balaban J connectivity index is 1.81. The van der Waals surface area contributed by atoms with Gasteiger partial charge in [-0.2, -0.15) is 0 Å². The van der Waals surface area contributed by atoms with E-state index in [1.54, 1.807) is 18.3 Å². The highest BCUT2D eigenvalue weighted by Crippen LogP contribution is 2.13. The van der Waals surface area contributed by atoms with Gasteiger partial charge in [-0.25, -0.2) is 9.78 Å². The van der Waals surface area contributed by atoms with Gasteiger partial charge >= 0.3 is 5.97 Å². The van der Waals surface area contributed by atoms with Crippen molar-refractivity contribution in [2.24, 2.45) is 0 Å². The summed E-state index contributed by atoms with van der Waals surface area (Å²) in [6.07, 6.45) is 1.70. The molecule has 3 rings (SSSR count). The molecular formula is C19H17N3O4. The van der Waals surface area contributed by atoms with Crippen LogP contribution in [0.25, 0.3) is 11.0 Å². The smallest absolute Gasteiger partial charge is 0.328 e. The number of aromatic nitrogens is 2. The van der Waals surface area contributed by atoms with Crippen LogP contribution in [0.5, 0.6) is 5.75 Å². The van der Waals surface area contributed by atoms with Gasteiger partial charge in [0.25, 0.3) is 5.91 Å². The lowest BCUT2D eigenvalue weighted by atomic mass is 10.1. The Morgan fingerprint density at radius 3 is 2.65 bits per heavy atom. The minimum atomic E-state index is -0.926. The van der Waals surface area contributed by atoms with E-state index in [9.17, 15) is 14.7 Å². The van der Waals surface area contributed by atoms with Crippen molar-refractivity contribution in [1.82, 2.24) is 15.3 Å². The fraction of sp³-hybridized carbons (Fsp3) is 0.158. The molecule has 132 valence electrons. The van der Waals surface area contributed by atoms with Gasteiger partial charge in [0, 0.05) is 18.2 Å². The Bertz CT molecular complexity index is 958. The van der Waals surface area contributed by atoms with Gasteiger partial charge in [0.1, 0.15) is 11.8 Å². The fourth-order valence-electron chi connectivity index (χ4n) is 2.53. The molecule has 0 spiro atoms. The quantitative estimate of drug-likeness (QED) is 0.680. The van der Waals surface area contributed by atoms with Gasteiger partial charge in [0.05, 0.1) is 23.8 Å². The van der Waals surface area contributed by atoms with Crippen LogP contribution in [0.15, 0.2) is 54.7 Å². The molecule has 0 saturated carbocycles. The van der Waals surface area contributed by atoms with Gasteiger partial charge in [-0.05, 0) is 30.3 Å². The van der Waals surface area contributed by atoms with Crippen molar-refractivity contribution >= 4 is 22.9 Å². The highest BCUT2D eigenvalue weighted by atomic mass is 16.5. The van der Waals surface area contributed by atoms with E-state index < -0.39 is 17.9 Å². The highest BCUT2D eigenvalue weighted by Gasteiger charge is 2.23. The Morgan fingerprint density at radius 1 is 1.15 bits per heavy atom. The van der Waals surface area contributed by atoms with Crippen molar-refractivity contribution in [3.63, 3.8) is 0 Å². The van der Waals surface area contributed by atoms with Crippen molar-refractivity contribution in [2.45, 2.75) is 12.5 Å². The number of hydrogen-bond donors (Lipinski definition) is 2. The number of ether oxygens (including phenoxy) is 1. The van der Waals surface area contributed by atoms with Gasteiger partial charge in [0.15, 0.2) is 0 Å². The van der Waals surface area contributed by atoms with Crippen LogP contribution in [0.1, 0.15) is 16.1 Å². The summed E-state index contributed by atoms with van der Waals surface area (Å²) in [6.45, 7) is 0. The van der Waals surface area contributed by atoms with Crippen molar-refractivity contribution in [3.8, 4) is 5.75 Å². The first-order chi connectivity index (χ1) is 12.6. The summed E-state index contributed by atoms with van der Waals surface area (Å²) >= 11 is 0. The molecule has 7 heteroatoms. The molecule has 0 saturated heterocycles. The first-order valence-corrected chi connectivity index (χ1v) is 7.95. The summed E-state index contributed by atoms with van der Waals surface area (Å²) in [5, 5.41) is 12.1. The molecule has 26 heavy (non-hydrogen) atoms. The van der Waals surface area contributed by atoms with Crippen molar-refractivity contribution in [2.75, 3.05) is 7.11 Å². The third kappa shape index (κ3) is 3.94. The van der Waals surface area contributed by atoms with Gasteiger partial charge in [-0.15, -0.1) is 0 Å². The number of nitrogens with zero attached hydrogens (tertiary/aromatic N) is 2. The van der Waals surface area contributed by atoms with Crippen LogP contribution in [0.2, 0.25) is 0 Å². The molecule has 0 aliphatic heterocycles. The third-order valence-electron chi connectivity index (χ3n) is 3.81. The molecule has 1 heterocycles. The number of hydrogen-bond acceptors (Lipinski definition) is 6. The molecule has 0 unspecified atom stereocenters. The predicted molar refractivity (Wildman–Crippen MR) is 94.6 cm³/mol. The minimum absolute atomic E-state index is 0.0346. The maximum atomic E-state index is 12.4. The molecule has 0 bridgehead atoms. The van der Waals surface area contributed by atoms with Crippen molar-refractivity contribution in [1.29, 1.82) is 0 Å². The van der Waals surface area contributed by atoms with Crippen LogP contribution in [-0.2, 0) is 16.0 Å². The SMILES string of the molecule is COC(=O)[C@@H](Cc1cnc2ccccc2n1)NC(=O)c1cccc(O)c1. The number of phenolic OH excluding ortho intramolecular Hbond substituents is 1. The lowest BCUT2D eigenvalue weighted by molar-refractivity contribution is -0.142. The number of fused-ring (bicyclic) bond motifs is 1. The number of phenols is 1.